The van der Waals surface area contributed by atoms with E-state index in [0.717, 1.165) is 16.0 Å². The molecule has 2 heterocycles. The van der Waals surface area contributed by atoms with Crippen molar-refractivity contribution in [2.24, 2.45) is 0 Å². The molecule has 0 saturated carbocycles. The van der Waals surface area contributed by atoms with Crippen molar-refractivity contribution in [1.82, 2.24) is 10.2 Å². The van der Waals surface area contributed by atoms with E-state index in [2.05, 4.69) is 5.32 Å². The Kier molecular flexibility index (Phi) is 5.46. The molecule has 2 atom stereocenters. The minimum Gasteiger partial charge on any atom is -0.477 e. The number of carboxylic acids is 1. The van der Waals surface area contributed by atoms with Gasteiger partial charge in [-0.15, -0.1) is 11.8 Å². The lowest BCUT2D eigenvalue weighted by atomic mass is 10.0. The number of thioether (sulfide) groups is 1. The first-order chi connectivity index (χ1) is 13.2. The van der Waals surface area contributed by atoms with E-state index < -0.39 is 29.3 Å². The molecule has 1 fully saturated rings. The van der Waals surface area contributed by atoms with Gasteiger partial charge in [-0.05, 0) is 25.5 Å². The summed E-state index contributed by atoms with van der Waals surface area (Å²) in [6, 6.07) is 4.68. The van der Waals surface area contributed by atoms with Crippen molar-refractivity contribution < 1.29 is 29.0 Å². The maximum atomic E-state index is 12.6. The van der Waals surface area contributed by atoms with Gasteiger partial charge in [0.25, 0.3) is 11.8 Å². The van der Waals surface area contributed by atoms with Gasteiger partial charge in [0.05, 0.1) is 0 Å². The second-order valence-electron chi connectivity index (χ2n) is 6.72. The van der Waals surface area contributed by atoms with Crippen molar-refractivity contribution >= 4 is 35.5 Å². The predicted octanol–water partition coefficient (Wildman–Crippen LogP) is 1.22. The number of hydrogen-bond donors (Lipinski definition) is 2. The Labute approximate surface area is 165 Å². The minimum absolute atomic E-state index is 0.174. The van der Waals surface area contributed by atoms with Gasteiger partial charge in [-0.2, -0.15) is 0 Å². The number of carbonyl (C=O) groups is 4. The number of ether oxygens (including phenoxy) is 1. The van der Waals surface area contributed by atoms with Crippen molar-refractivity contribution in [2.45, 2.75) is 32.2 Å². The number of carbonyl (C=O) groups excluding carboxylic acids is 3. The normalized spacial score (nSPS) is 21.0. The van der Waals surface area contributed by atoms with E-state index in [1.807, 2.05) is 26.0 Å². The van der Waals surface area contributed by atoms with Crippen molar-refractivity contribution in [2.75, 3.05) is 12.4 Å². The van der Waals surface area contributed by atoms with Crippen LogP contribution in [0.4, 0.5) is 0 Å². The fraction of sp³-hybridized carbons (Fsp3) is 0.368. The third-order valence-electron chi connectivity index (χ3n) is 4.62. The summed E-state index contributed by atoms with van der Waals surface area (Å²) in [7, 11) is 0. The third-order valence-corrected chi connectivity index (χ3v) is 5.96. The van der Waals surface area contributed by atoms with Crippen LogP contribution >= 0.6 is 11.8 Å². The predicted molar refractivity (Wildman–Crippen MR) is 102 cm³/mol. The summed E-state index contributed by atoms with van der Waals surface area (Å²) in [6.45, 7) is 4.73. The van der Waals surface area contributed by atoms with E-state index >= 15 is 0 Å². The second-order valence-corrected chi connectivity index (χ2v) is 7.82. The molecule has 2 N–H and O–H groups in total. The molecule has 0 aliphatic carbocycles. The van der Waals surface area contributed by atoms with Gasteiger partial charge in [0, 0.05) is 23.8 Å². The van der Waals surface area contributed by atoms with E-state index in [1.165, 1.54) is 18.7 Å². The van der Waals surface area contributed by atoms with Crippen LogP contribution in [0.3, 0.4) is 0 Å². The minimum atomic E-state index is -1.26. The fourth-order valence-electron chi connectivity index (χ4n) is 3.18. The molecule has 2 aliphatic heterocycles. The molecule has 0 spiro atoms. The van der Waals surface area contributed by atoms with Crippen molar-refractivity contribution in [3.05, 3.63) is 46.2 Å². The number of β-lactam (4-membered cyclic amide) rings is 1. The van der Waals surface area contributed by atoms with Gasteiger partial charge in [0.1, 0.15) is 23.7 Å². The van der Waals surface area contributed by atoms with E-state index in [-0.39, 0.29) is 18.2 Å². The Balaban J connectivity index is 1.78. The Morgan fingerprint density at radius 2 is 2.04 bits per heavy atom. The van der Waals surface area contributed by atoms with Crippen LogP contribution in [-0.4, -0.2) is 57.5 Å². The van der Waals surface area contributed by atoms with Crippen molar-refractivity contribution in [3.8, 4) is 0 Å². The van der Waals surface area contributed by atoms with Gasteiger partial charge in [-0.3, -0.25) is 19.3 Å². The number of amides is 2. The zero-order valence-corrected chi connectivity index (χ0v) is 16.5. The summed E-state index contributed by atoms with van der Waals surface area (Å²) in [6.07, 6.45) is 0. The van der Waals surface area contributed by atoms with Crippen LogP contribution in [-0.2, 0) is 19.1 Å². The monoisotopic (exact) mass is 404 g/mol. The molecule has 0 radical (unpaired) electrons. The Hall–Kier alpha value is -2.81. The maximum Gasteiger partial charge on any atom is 0.352 e. The number of benzene rings is 1. The molecule has 2 aliphatic rings. The SMILES string of the molecule is CC(=O)OCC1=C(C(=O)O)N2C(=O)[C@@H](NC(=O)c3cc(C)ccc3C)[C@H]2SC1. The molecular formula is C19H20N2O6S. The molecule has 9 heteroatoms. The molecule has 1 saturated heterocycles. The lowest BCUT2D eigenvalue weighted by Crippen LogP contribution is -2.70. The Morgan fingerprint density at radius 1 is 1.32 bits per heavy atom. The second kappa shape index (κ2) is 7.67. The zero-order chi connectivity index (χ0) is 20.6. The number of nitrogens with one attached hydrogen (secondary N) is 1. The number of carboxylic acid groups (broad SMARTS) is 1. The summed E-state index contributed by atoms with van der Waals surface area (Å²) in [5, 5.41) is 11.8. The van der Waals surface area contributed by atoms with E-state index in [0.29, 0.717) is 16.9 Å². The largest absolute Gasteiger partial charge is 0.477 e. The molecule has 3 rings (SSSR count). The quantitative estimate of drug-likeness (QED) is 0.560. The molecule has 2 amide bonds. The number of nitrogens with zero attached hydrogens (tertiary/aromatic N) is 1. The number of hydrogen-bond acceptors (Lipinski definition) is 6. The number of aryl methyl sites for hydroxylation is 2. The van der Waals surface area contributed by atoms with Gasteiger partial charge >= 0.3 is 11.9 Å². The van der Waals surface area contributed by atoms with E-state index in [9.17, 15) is 24.3 Å². The fourth-order valence-corrected chi connectivity index (χ4v) is 4.51. The van der Waals surface area contributed by atoms with Crippen molar-refractivity contribution in [1.29, 1.82) is 0 Å². The van der Waals surface area contributed by atoms with Gasteiger partial charge in [0.2, 0.25) is 0 Å². The number of fused-ring (bicyclic) bond motifs is 1. The molecule has 148 valence electrons. The van der Waals surface area contributed by atoms with Crippen LogP contribution in [0.15, 0.2) is 29.5 Å². The van der Waals surface area contributed by atoms with E-state index in [4.69, 9.17) is 4.74 Å². The molecule has 8 nitrogen and oxygen atoms in total. The summed E-state index contributed by atoms with van der Waals surface area (Å²) in [5.41, 5.74) is 2.38. The Morgan fingerprint density at radius 3 is 2.68 bits per heavy atom. The standard InChI is InChI=1S/C19H20N2O6S/c1-9-4-5-10(2)13(6-9)16(23)20-14-17(24)21-15(19(25)26)12(7-27-11(3)22)8-28-18(14)21/h4-6,14,18H,7-8H2,1-3H3,(H,20,23)(H,25,26)/t14-,18-/m1/s1. The highest BCUT2D eigenvalue weighted by atomic mass is 32.2. The first-order valence-electron chi connectivity index (χ1n) is 8.62. The summed E-state index contributed by atoms with van der Waals surface area (Å²) in [5.74, 6) is -2.36. The van der Waals surface area contributed by atoms with Crippen molar-refractivity contribution in [3.63, 3.8) is 0 Å². The highest BCUT2D eigenvalue weighted by Crippen LogP contribution is 2.40. The van der Waals surface area contributed by atoms with Gasteiger partial charge in [-0.25, -0.2) is 4.79 Å². The average molecular weight is 404 g/mol. The lowest BCUT2D eigenvalue weighted by molar-refractivity contribution is -0.149. The number of aliphatic carboxylic acids is 1. The summed E-state index contributed by atoms with van der Waals surface area (Å²) >= 11 is 1.33. The van der Waals surface area contributed by atoms with Gasteiger partial charge in [0.15, 0.2) is 0 Å². The van der Waals surface area contributed by atoms with Gasteiger partial charge in [-0.1, -0.05) is 17.7 Å². The molecule has 0 unspecified atom stereocenters. The first kappa shape index (κ1) is 19.9. The molecule has 0 bridgehead atoms. The molecule has 0 aromatic heterocycles. The van der Waals surface area contributed by atoms with Crippen LogP contribution in [0.1, 0.15) is 28.4 Å². The van der Waals surface area contributed by atoms with E-state index in [1.54, 1.807) is 6.07 Å². The number of rotatable bonds is 5. The maximum absolute atomic E-state index is 12.6. The summed E-state index contributed by atoms with van der Waals surface area (Å²) in [4.78, 5) is 49.1. The van der Waals surface area contributed by atoms with Crippen LogP contribution in [0.25, 0.3) is 0 Å². The van der Waals surface area contributed by atoms with Crippen LogP contribution in [0.2, 0.25) is 0 Å². The Bertz CT molecular complexity index is 910. The smallest absolute Gasteiger partial charge is 0.352 e. The molecule has 28 heavy (non-hydrogen) atoms. The summed E-state index contributed by atoms with van der Waals surface area (Å²) < 4.78 is 4.90. The number of esters is 1. The highest BCUT2D eigenvalue weighted by molar-refractivity contribution is 8.00. The first-order valence-corrected chi connectivity index (χ1v) is 9.67. The van der Waals surface area contributed by atoms with Crippen LogP contribution in [0.5, 0.6) is 0 Å². The third kappa shape index (κ3) is 3.62. The molecular weight excluding hydrogens is 384 g/mol. The lowest BCUT2D eigenvalue weighted by Gasteiger charge is -2.49. The topological polar surface area (TPSA) is 113 Å². The highest BCUT2D eigenvalue weighted by Gasteiger charge is 2.54. The molecule has 1 aromatic carbocycles. The van der Waals surface area contributed by atoms with Crippen LogP contribution < -0.4 is 5.32 Å². The van der Waals surface area contributed by atoms with Crippen LogP contribution in [0, 0.1) is 13.8 Å². The zero-order valence-electron chi connectivity index (χ0n) is 15.6. The van der Waals surface area contributed by atoms with Gasteiger partial charge < -0.3 is 15.2 Å². The average Bonchev–Trinajstić information content (AvgIpc) is 2.64. The molecule has 1 aromatic rings.